The van der Waals surface area contributed by atoms with Crippen LogP contribution in [0.3, 0.4) is 0 Å². The molecule has 0 rings (SSSR count). The highest BCUT2D eigenvalue weighted by molar-refractivity contribution is 5.76. The summed E-state index contributed by atoms with van der Waals surface area (Å²) in [6.45, 7) is 11.0. The van der Waals surface area contributed by atoms with E-state index in [1.54, 1.807) is 0 Å². The van der Waals surface area contributed by atoms with Gasteiger partial charge < -0.3 is 4.74 Å². The maximum atomic E-state index is 12.2. The van der Waals surface area contributed by atoms with Crippen molar-refractivity contribution in [3.05, 3.63) is 0 Å². The standard InChI is InChI=1S/C18H36O2/c1-6-9-11-13-15-16(14-12-10-7-2)18(4,5)17(19)20-8-3/h16H,6-15H2,1-5H3. The van der Waals surface area contributed by atoms with Gasteiger partial charge in [-0.1, -0.05) is 58.8 Å². The molecular weight excluding hydrogens is 248 g/mol. The van der Waals surface area contributed by atoms with Crippen LogP contribution in [0.4, 0.5) is 0 Å². The van der Waals surface area contributed by atoms with Gasteiger partial charge in [0, 0.05) is 0 Å². The number of esters is 1. The Kier molecular flexibility index (Phi) is 10.9. The van der Waals surface area contributed by atoms with Gasteiger partial charge in [0.1, 0.15) is 0 Å². The van der Waals surface area contributed by atoms with Gasteiger partial charge in [-0.25, -0.2) is 0 Å². The van der Waals surface area contributed by atoms with Crippen molar-refractivity contribution in [2.45, 2.75) is 92.4 Å². The third-order valence-electron chi connectivity index (χ3n) is 4.38. The van der Waals surface area contributed by atoms with Gasteiger partial charge in [-0.15, -0.1) is 0 Å². The molecule has 0 heterocycles. The van der Waals surface area contributed by atoms with Crippen molar-refractivity contribution < 1.29 is 9.53 Å². The van der Waals surface area contributed by atoms with Gasteiger partial charge in [0.25, 0.3) is 0 Å². The SMILES string of the molecule is CCCCCCC(CCCCC)C(C)(C)C(=O)OCC. The number of carbonyl (C=O) groups is 1. The molecule has 1 unspecified atom stereocenters. The van der Waals surface area contributed by atoms with Crippen molar-refractivity contribution in [3.63, 3.8) is 0 Å². The lowest BCUT2D eigenvalue weighted by atomic mass is 9.73. The average molecular weight is 284 g/mol. The van der Waals surface area contributed by atoms with E-state index in [1.807, 2.05) is 6.92 Å². The first-order valence-electron chi connectivity index (χ1n) is 8.67. The van der Waals surface area contributed by atoms with Crippen molar-refractivity contribution in [1.82, 2.24) is 0 Å². The second kappa shape index (κ2) is 11.2. The van der Waals surface area contributed by atoms with E-state index in [4.69, 9.17) is 4.74 Å². The lowest BCUT2D eigenvalue weighted by Gasteiger charge is -2.32. The van der Waals surface area contributed by atoms with Crippen LogP contribution in [0.15, 0.2) is 0 Å². The highest BCUT2D eigenvalue weighted by Gasteiger charge is 2.37. The molecule has 0 radical (unpaired) electrons. The molecule has 0 aromatic rings. The van der Waals surface area contributed by atoms with Gasteiger partial charge in [0.05, 0.1) is 12.0 Å². The molecule has 0 aromatic heterocycles. The topological polar surface area (TPSA) is 26.3 Å². The monoisotopic (exact) mass is 284 g/mol. The highest BCUT2D eigenvalue weighted by atomic mass is 16.5. The Labute approximate surface area is 126 Å². The fourth-order valence-electron chi connectivity index (χ4n) is 2.81. The Hall–Kier alpha value is -0.530. The van der Waals surface area contributed by atoms with Crippen LogP contribution in [0.2, 0.25) is 0 Å². The van der Waals surface area contributed by atoms with E-state index in [-0.39, 0.29) is 11.4 Å². The molecule has 2 nitrogen and oxygen atoms in total. The van der Waals surface area contributed by atoms with Crippen LogP contribution < -0.4 is 0 Å². The number of rotatable bonds is 12. The largest absolute Gasteiger partial charge is 0.466 e. The summed E-state index contributed by atoms with van der Waals surface area (Å²) in [5, 5.41) is 0. The van der Waals surface area contributed by atoms with Crippen LogP contribution in [-0.2, 0) is 9.53 Å². The molecule has 0 saturated heterocycles. The minimum Gasteiger partial charge on any atom is -0.466 e. The number of hydrogen-bond donors (Lipinski definition) is 0. The zero-order valence-corrected chi connectivity index (χ0v) is 14.5. The summed E-state index contributed by atoms with van der Waals surface area (Å²) >= 11 is 0. The summed E-state index contributed by atoms with van der Waals surface area (Å²) in [6, 6.07) is 0. The predicted octanol–water partition coefficient (Wildman–Crippen LogP) is 5.74. The predicted molar refractivity (Wildman–Crippen MR) is 86.8 cm³/mol. The zero-order chi connectivity index (χ0) is 15.4. The lowest BCUT2D eigenvalue weighted by molar-refractivity contribution is -0.157. The Bertz CT molecular complexity index is 246. The molecule has 0 fully saturated rings. The van der Waals surface area contributed by atoms with Gasteiger partial charge in [0.15, 0.2) is 0 Å². The van der Waals surface area contributed by atoms with Gasteiger partial charge in [-0.2, -0.15) is 0 Å². The quantitative estimate of drug-likeness (QED) is 0.337. The van der Waals surface area contributed by atoms with Crippen molar-refractivity contribution in [2.75, 3.05) is 6.61 Å². The van der Waals surface area contributed by atoms with Crippen LogP contribution in [0.5, 0.6) is 0 Å². The van der Waals surface area contributed by atoms with E-state index in [2.05, 4.69) is 27.7 Å². The fourth-order valence-corrected chi connectivity index (χ4v) is 2.81. The van der Waals surface area contributed by atoms with Crippen LogP contribution in [0.25, 0.3) is 0 Å². The first kappa shape index (κ1) is 19.5. The summed E-state index contributed by atoms with van der Waals surface area (Å²) in [5.74, 6) is 0.446. The molecule has 0 aliphatic rings. The molecule has 0 aromatic carbocycles. The molecule has 2 heteroatoms. The number of ether oxygens (including phenoxy) is 1. The molecule has 1 atom stereocenters. The number of carbonyl (C=O) groups excluding carboxylic acids is 1. The smallest absolute Gasteiger partial charge is 0.311 e. The third-order valence-corrected chi connectivity index (χ3v) is 4.38. The van der Waals surface area contributed by atoms with E-state index in [0.717, 1.165) is 12.8 Å². The zero-order valence-electron chi connectivity index (χ0n) is 14.5. The molecule has 0 aliphatic heterocycles. The molecule has 0 saturated carbocycles. The van der Waals surface area contributed by atoms with Crippen LogP contribution >= 0.6 is 0 Å². The second-order valence-electron chi connectivity index (χ2n) is 6.48. The number of unbranched alkanes of at least 4 members (excludes halogenated alkanes) is 5. The molecule has 0 amide bonds. The normalized spacial score (nSPS) is 13.2. The van der Waals surface area contributed by atoms with Gasteiger partial charge >= 0.3 is 5.97 Å². The van der Waals surface area contributed by atoms with Crippen molar-refractivity contribution in [1.29, 1.82) is 0 Å². The maximum absolute atomic E-state index is 12.2. The number of hydrogen-bond acceptors (Lipinski definition) is 2. The van der Waals surface area contributed by atoms with Crippen LogP contribution in [0.1, 0.15) is 92.4 Å². The Balaban J connectivity index is 4.49. The fraction of sp³-hybridized carbons (Fsp3) is 0.944. The van der Waals surface area contributed by atoms with Crippen LogP contribution in [-0.4, -0.2) is 12.6 Å². The minimum atomic E-state index is -0.337. The average Bonchev–Trinajstić information content (AvgIpc) is 2.41. The summed E-state index contributed by atoms with van der Waals surface area (Å²) < 4.78 is 5.28. The van der Waals surface area contributed by atoms with E-state index in [0.29, 0.717) is 12.5 Å². The Morgan fingerprint density at radius 1 is 0.900 bits per heavy atom. The van der Waals surface area contributed by atoms with Crippen molar-refractivity contribution in [3.8, 4) is 0 Å². The lowest BCUT2D eigenvalue weighted by Crippen LogP contribution is -2.35. The van der Waals surface area contributed by atoms with Gasteiger partial charge in [-0.3, -0.25) is 4.79 Å². The molecule has 120 valence electrons. The molecule has 0 N–H and O–H groups in total. The summed E-state index contributed by atoms with van der Waals surface area (Å²) in [5.41, 5.74) is -0.337. The summed E-state index contributed by atoms with van der Waals surface area (Å²) in [6.07, 6.45) is 11.2. The summed E-state index contributed by atoms with van der Waals surface area (Å²) in [4.78, 5) is 12.2. The summed E-state index contributed by atoms with van der Waals surface area (Å²) in [7, 11) is 0. The van der Waals surface area contributed by atoms with Crippen molar-refractivity contribution in [2.24, 2.45) is 11.3 Å². The Morgan fingerprint density at radius 2 is 1.40 bits per heavy atom. The van der Waals surface area contributed by atoms with E-state index >= 15 is 0 Å². The molecular formula is C18H36O2. The maximum Gasteiger partial charge on any atom is 0.311 e. The molecule has 0 spiro atoms. The van der Waals surface area contributed by atoms with Crippen molar-refractivity contribution >= 4 is 5.97 Å². The molecule has 20 heavy (non-hydrogen) atoms. The van der Waals surface area contributed by atoms with Gasteiger partial charge in [-0.05, 0) is 39.5 Å². The highest BCUT2D eigenvalue weighted by Crippen LogP contribution is 2.36. The minimum absolute atomic E-state index is 0.0167. The third kappa shape index (κ3) is 7.31. The van der Waals surface area contributed by atoms with E-state index < -0.39 is 0 Å². The van der Waals surface area contributed by atoms with Crippen LogP contribution in [0, 0.1) is 11.3 Å². The molecule has 0 bridgehead atoms. The van der Waals surface area contributed by atoms with E-state index in [9.17, 15) is 4.79 Å². The van der Waals surface area contributed by atoms with E-state index in [1.165, 1.54) is 44.9 Å². The first-order chi connectivity index (χ1) is 9.50. The Morgan fingerprint density at radius 3 is 1.90 bits per heavy atom. The first-order valence-corrected chi connectivity index (χ1v) is 8.67. The van der Waals surface area contributed by atoms with Gasteiger partial charge in [0.2, 0.25) is 0 Å². The second-order valence-corrected chi connectivity index (χ2v) is 6.48. The molecule has 0 aliphatic carbocycles.